The van der Waals surface area contributed by atoms with Crippen molar-refractivity contribution >= 4 is 17.3 Å². The lowest BCUT2D eigenvalue weighted by atomic mass is 9.85. The van der Waals surface area contributed by atoms with Gasteiger partial charge in [0.1, 0.15) is 0 Å². The zero-order valence-corrected chi connectivity index (χ0v) is 16.4. The molecule has 3 aromatic rings. The summed E-state index contributed by atoms with van der Waals surface area (Å²) in [6.07, 6.45) is 3.74. The molecule has 3 aromatic carbocycles. The number of hydrogen-bond donors (Lipinski definition) is 2. The molecular formula is C25H26N2O2. The predicted octanol–water partition coefficient (Wildman–Crippen LogP) is 4.55. The van der Waals surface area contributed by atoms with Gasteiger partial charge in [-0.2, -0.15) is 0 Å². The Balaban J connectivity index is 1.59. The van der Waals surface area contributed by atoms with Gasteiger partial charge in [0.15, 0.2) is 5.60 Å². The maximum absolute atomic E-state index is 13.3. The van der Waals surface area contributed by atoms with Crippen molar-refractivity contribution in [3.63, 3.8) is 0 Å². The first kappa shape index (κ1) is 19.2. The second-order valence-corrected chi connectivity index (χ2v) is 7.49. The average Bonchev–Trinajstić information content (AvgIpc) is 2.80. The molecule has 29 heavy (non-hydrogen) atoms. The van der Waals surface area contributed by atoms with E-state index in [9.17, 15) is 9.90 Å². The van der Waals surface area contributed by atoms with Crippen molar-refractivity contribution in [2.75, 3.05) is 23.3 Å². The van der Waals surface area contributed by atoms with Gasteiger partial charge < -0.3 is 15.3 Å². The zero-order valence-electron chi connectivity index (χ0n) is 16.4. The van der Waals surface area contributed by atoms with Crippen LogP contribution in [0, 0.1) is 0 Å². The first-order valence-electron chi connectivity index (χ1n) is 10.2. The van der Waals surface area contributed by atoms with E-state index in [0.717, 1.165) is 13.1 Å². The lowest BCUT2D eigenvalue weighted by molar-refractivity contribution is -0.131. The van der Waals surface area contributed by atoms with Crippen molar-refractivity contribution in [2.24, 2.45) is 0 Å². The monoisotopic (exact) mass is 386 g/mol. The summed E-state index contributed by atoms with van der Waals surface area (Å²) >= 11 is 0. The minimum Gasteiger partial charge on any atom is -0.372 e. The molecular weight excluding hydrogens is 360 g/mol. The Kier molecular flexibility index (Phi) is 5.63. The first-order valence-corrected chi connectivity index (χ1v) is 10.2. The molecule has 0 saturated carbocycles. The fourth-order valence-electron chi connectivity index (χ4n) is 3.92. The van der Waals surface area contributed by atoms with E-state index >= 15 is 0 Å². The third-order valence-electron chi connectivity index (χ3n) is 5.56. The number of benzene rings is 3. The van der Waals surface area contributed by atoms with Crippen molar-refractivity contribution in [2.45, 2.75) is 24.9 Å². The third-order valence-corrected chi connectivity index (χ3v) is 5.56. The summed E-state index contributed by atoms with van der Waals surface area (Å²) in [4.78, 5) is 15.6. The number of nitrogens with zero attached hydrogens (tertiary/aromatic N) is 1. The highest BCUT2D eigenvalue weighted by Crippen LogP contribution is 2.31. The van der Waals surface area contributed by atoms with E-state index in [4.69, 9.17) is 0 Å². The van der Waals surface area contributed by atoms with Gasteiger partial charge >= 0.3 is 0 Å². The van der Waals surface area contributed by atoms with Crippen molar-refractivity contribution in [3.8, 4) is 0 Å². The SMILES string of the molecule is O=C(Nc1ccc(N2CCCCC2)cc1)C(O)(c1ccccc1)c1ccccc1. The number of aliphatic hydroxyl groups is 1. The Bertz CT molecular complexity index is 894. The summed E-state index contributed by atoms with van der Waals surface area (Å²) in [5.41, 5.74) is 1.14. The van der Waals surface area contributed by atoms with Crippen LogP contribution in [0.3, 0.4) is 0 Å². The van der Waals surface area contributed by atoms with Crippen molar-refractivity contribution in [1.82, 2.24) is 0 Å². The Labute approximate surface area is 171 Å². The van der Waals surface area contributed by atoms with Gasteiger partial charge in [-0.15, -0.1) is 0 Å². The lowest BCUT2D eigenvalue weighted by Crippen LogP contribution is -2.41. The van der Waals surface area contributed by atoms with Gasteiger partial charge in [0.25, 0.3) is 5.91 Å². The van der Waals surface area contributed by atoms with E-state index in [2.05, 4.69) is 10.2 Å². The van der Waals surface area contributed by atoms with Crippen LogP contribution < -0.4 is 10.2 Å². The molecule has 0 radical (unpaired) electrons. The number of piperidine rings is 1. The van der Waals surface area contributed by atoms with Crippen molar-refractivity contribution in [3.05, 3.63) is 96.1 Å². The van der Waals surface area contributed by atoms with Crippen LogP contribution in [0.25, 0.3) is 0 Å². The van der Waals surface area contributed by atoms with Gasteiger partial charge in [0.2, 0.25) is 0 Å². The molecule has 0 aliphatic carbocycles. The quantitative estimate of drug-likeness (QED) is 0.676. The maximum Gasteiger partial charge on any atom is 0.265 e. The van der Waals surface area contributed by atoms with Gasteiger partial charge in [-0.05, 0) is 54.7 Å². The van der Waals surface area contributed by atoms with Crippen LogP contribution in [0.4, 0.5) is 11.4 Å². The number of anilines is 2. The molecule has 0 atom stereocenters. The van der Waals surface area contributed by atoms with Gasteiger partial charge in [0, 0.05) is 24.5 Å². The third kappa shape index (κ3) is 4.03. The van der Waals surface area contributed by atoms with Crippen LogP contribution in [-0.2, 0) is 10.4 Å². The number of rotatable bonds is 5. The molecule has 0 spiro atoms. The molecule has 1 amide bonds. The molecule has 4 heteroatoms. The van der Waals surface area contributed by atoms with Crippen LogP contribution in [0.2, 0.25) is 0 Å². The second kappa shape index (κ2) is 8.50. The molecule has 4 nitrogen and oxygen atoms in total. The molecule has 4 rings (SSSR count). The molecule has 1 aliphatic heterocycles. The fraction of sp³-hybridized carbons (Fsp3) is 0.240. The zero-order chi connectivity index (χ0) is 20.1. The summed E-state index contributed by atoms with van der Waals surface area (Å²) in [7, 11) is 0. The van der Waals surface area contributed by atoms with E-state index in [-0.39, 0.29) is 0 Å². The van der Waals surface area contributed by atoms with Gasteiger partial charge in [-0.1, -0.05) is 60.7 Å². The number of hydrogen-bond acceptors (Lipinski definition) is 3. The van der Waals surface area contributed by atoms with Crippen LogP contribution >= 0.6 is 0 Å². The smallest absolute Gasteiger partial charge is 0.265 e. The molecule has 1 heterocycles. The summed E-state index contributed by atoms with van der Waals surface area (Å²) < 4.78 is 0. The Morgan fingerprint density at radius 2 is 1.28 bits per heavy atom. The van der Waals surface area contributed by atoms with Crippen molar-refractivity contribution in [1.29, 1.82) is 0 Å². The topological polar surface area (TPSA) is 52.6 Å². The van der Waals surface area contributed by atoms with E-state index < -0.39 is 11.5 Å². The predicted molar refractivity (Wildman–Crippen MR) is 117 cm³/mol. The van der Waals surface area contributed by atoms with Crippen LogP contribution in [-0.4, -0.2) is 24.1 Å². The van der Waals surface area contributed by atoms with E-state index in [1.54, 1.807) is 24.3 Å². The minimum atomic E-state index is -1.77. The second-order valence-electron chi connectivity index (χ2n) is 7.49. The molecule has 0 aromatic heterocycles. The van der Waals surface area contributed by atoms with Crippen LogP contribution in [0.5, 0.6) is 0 Å². The van der Waals surface area contributed by atoms with E-state index in [1.165, 1.54) is 24.9 Å². The molecule has 148 valence electrons. The highest BCUT2D eigenvalue weighted by atomic mass is 16.3. The van der Waals surface area contributed by atoms with Gasteiger partial charge in [-0.3, -0.25) is 4.79 Å². The molecule has 1 aliphatic rings. The van der Waals surface area contributed by atoms with Gasteiger partial charge in [-0.25, -0.2) is 0 Å². The Hall–Kier alpha value is -3.11. The standard InChI is InChI=1S/C25H26N2O2/c28-24(26-22-14-16-23(17-15-22)27-18-8-3-9-19-27)25(29,20-10-4-1-5-11-20)21-12-6-2-7-13-21/h1-2,4-7,10-17,29H,3,8-9,18-19H2,(H,26,28). The molecule has 2 N–H and O–H groups in total. The number of nitrogens with one attached hydrogen (secondary N) is 1. The average molecular weight is 386 g/mol. The maximum atomic E-state index is 13.3. The Morgan fingerprint density at radius 1 is 0.759 bits per heavy atom. The van der Waals surface area contributed by atoms with Crippen LogP contribution in [0.15, 0.2) is 84.9 Å². The first-order chi connectivity index (χ1) is 14.2. The summed E-state index contributed by atoms with van der Waals surface area (Å²) in [5.74, 6) is -0.472. The fourth-order valence-corrected chi connectivity index (χ4v) is 3.92. The summed E-state index contributed by atoms with van der Waals surface area (Å²) in [5, 5.41) is 14.4. The van der Waals surface area contributed by atoms with Crippen molar-refractivity contribution < 1.29 is 9.90 Å². The van der Waals surface area contributed by atoms with Gasteiger partial charge in [0.05, 0.1) is 0 Å². The summed E-state index contributed by atoms with van der Waals surface area (Å²) in [6, 6.07) is 26.0. The van der Waals surface area contributed by atoms with E-state index in [1.807, 2.05) is 60.7 Å². The number of amides is 1. The number of carbonyl (C=O) groups is 1. The number of carbonyl (C=O) groups excluding carboxylic acids is 1. The normalized spacial score (nSPS) is 14.4. The van der Waals surface area contributed by atoms with E-state index in [0.29, 0.717) is 16.8 Å². The molecule has 1 fully saturated rings. The highest BCUT2D eigenvalue weighted by molar-refractivity contribution is 6.00. The van der Waals surface area contributed by atoms with Crippen LogP contribution in [0.1, 0.15) is 30.4 Å². The molecule has 1 saturated heterocycles. The lowest BCUT2D eigenvalue weighted by Gasteiger charge is -2.29. The molecule has 0 bridgehead atoms. The minimum absolute atomic E-state index is 0.472. The highest BCUT2D eigenvalue weighted by Gasteiger charge is 2.39. The Morgan fingerprint density at radius 3 is 1.79 bits per heavy atom. The summed E-state index contributed by atoms with van der Waals surface area (Å²) in [6.45, 7) is 2.15. The largest absolute Gasteiger partial charge is 0.372 e. The molecule has 0 unspecified atom stereocenters.